The predicted molar refractivity (Wildman–Crippen MR) is 90.4 cm³/mol. The average Bonchev–Trinajstić information content (AvgIpc) is 3.26. The highest BCUT2D eigenvalue weighted by molar-refractivity contribution is 7.07. The van der Waals surface area contributed by atoms with Crippen LogP contribution >= 0.6 is 11.3 Å². The largest absolute Gasteiger partial charge is 0.374 e. The van der Waals surface area contributed by atoms with E-state index in [1.54, 1.807) is 11.3 Å². The topological polar surface area (TPSA) is 19.0 Å². The number of thiophene rings is 1. The minimum atomic E-state index is 0.422. The number of nitrogens with zero attached hydrogens (tertiary/aromatic N) is 3. The van der Waals surface area contributed by atoms with Gasteiger partial charge in [-0.25, -0.2) is 0 Å². The van der Waals surface area contributed by atoms with E-state index in [0.29, 0.717) is 12.1 Å². The molecule has 3 fully saturated rings. The highest BCUT2D eigenvalue weighted by Crippen LogP contribution is 2.24. The van der Waals surface area contributed by atoms with E-state index in [0.717, 1.165) is 26.2 Å². The fourth-order valence-corrected chi connectivity index (χ4v) is 4.82. The second kappa shape index (κ2) is 6.97. The van der Waals surface area contributed by atoms with Crippen LogP contribution in [0, 0.1) is 0 Å². The van der Waals surface area contributed by atoms with Crippen LogP contribution in [0.1, 0.15) is 18.4 Å². The first-order chi connectivity index (χ1) is 10.9. The lowest BCUT2D eigenvalue weighted by Gasteiger charge is -2.37. The number of ether oxygens (including phenoxy) is 1. The Morgan fingerprint density at radius 2 is 2.00 bits per heavy atom. The second-order valence-electron chi connectivity index (χ2n) is 6.89. The van der Waals surface area contributed by atoms with Crippen molar-refractivity contribution in [1.29, 1.82) is 0 Å². The van der Waals surface area contributed by atoms with Crippen molar-refractivity contribution in [2.45, 2.75) is 31.5 Å². The number of hydrogen-bond acceptors (Lipinski definition) is 5. The molecule has 3 aliphatic heterocycles. The zero-order chi connectivity index (χ0) is 14.8. The Morgan fingerprint density at radius 3 is 2.82 bits per heavy atom. The molecular formula is C17H27N3OS. The summed E-state index contributed by atoms with van der Waals surface area (Å²) in [7, 11) is 0. The lowest BCUT2D eigenvalue weighted by Crippen LogP contribution is -2.52. The molecule has 0 radical (unpaired) electrons. The van der Waals surface area contributed by atoms with Crippen LogP contribution < -0.4 is 0 Å². The van der Waals surface area contributed by atoms with Gasteiger partial charge in [-0.15, -0.1) is 0 Å². The summed E-state index contributed by atoms with van der Waals surface area (Å²) >= 11 is 1.80. The van der Waals surface area contributed by atoms with E-state index in [-0.39, 0.29) is 0 Å². The van der Waals surface area contributed by atoms with Crippen molar-refractivity contribution in [2.24, 2.45) is 0 Å². The molecule has 1 aromatic heterocycles. The highest BCUT2D eigenvalue weighted by Gasteiger charge is 2.39. The molecule has 4 nitrogen and oxygen atoms in total. The molecule has 2 atom stereocenters. The van der Waals surface area contributed by atoms with Crippen LogP contribution in [0.15, 0.2) is 16.8 Å². The van der Waals surface area contributed by atoms with Gasteiger partial charge in [-0.05, 0) is 48.3 Å². The van der Waals surface area contributed by atoms with Gasteiger partial charge in [-0.1, -0.05) is 0 Å². The van der Waals surface area contributed by atoms with Crippen LogP contribution in [-0.4, -0.2) is 79.3 Å². The van der Waals surface area contributed by atoms with E-state index in [1.807, 2.05) is 0 Å². The van der Waals surface area contributed by atoms with Gasteiger partial charge in [-0.2, -0.15) is 11.3 Å². The first-order valence-corrected chi connectivity index (χ1v) is 9.64. The number of likely N-dealkylation sites (tertiary alicyclic amines) is 2. The third-order valence-corrected chi connectivity index (χ3v) is 6.11. The first-order valence-electron chi connectivity index (χ1n) is 8.70. The van der Waals surface area contributed by atoms with Crippen molar-refractivity contribution in [3.05, 3.63) is 22.4 Å². The highest BCUT2D eigenvalue weighted by atomic mass is 32.1. The van der Waals surface area contributed by atoms with Crippen LogP contribution in [0.4, 0.5) is 0 Å². The quantitative estimate of drug-likeness (QED) is 0.822. The summed E-state index contributed by atoms with van der Waals surface area (Å²) in [5.41, 5.74) is 1.45. The summed E-state index contributed by atoms with van der Waals surface area (Å²) in [4.78, 5) is 7.90. The number of fused-ring (bicyclic) bond motifs is 1. The van der Waals surface area contributed by atoms with Crippen molar-refractivity contribution in [2.75, 3.05) is 52.4 Å². The van der Waals surface area contributed by atoms with E-state index in [1.165, 1.54) is 51.1 Å². The summed E-state index contributed by atoms with van der Waals surface area (Å²) in [6.07, 6.45) is 3.21. The van der Waals surface area contributed by atoms with E-state index >= 15 is 0 Å². The second-order valence-corrected chi connectivity index (χ2v) is 7.67. The van der Waals surface area contributed by atoms with Crippen LogP contribution in [0.5, 0.6) is 0 Å². The summed E-state index contributed by atoms with van der Waals surface area (Å²) in [6, 6.07) is 2.86. The van der Waals surface area contributed by atoms with Crippen molar-refractivity contribution >= 4 is 11.3 Å². The van der Waals surface area contributed by atoms with E-state index in [2.05, 4.69) is 31.5 Å². The van der Waals surface area contributed by atoms with E-state index < -0.39 is 0 Å². The van der Waals surface area contributed by atoms with Gasteiger partial charge >= 0.3 is 0 Å². The summed E-state index contributed by atoms with van der Waals surface area (Å²) in [5, 5.41) is 4.45. The molecule has 0 aromatic carbocycles. The number of morpholine rings is 1. The smallest absolute Gasteiger partial charge is 0.0870 e. The van der Waals surface area contributed by atoms with Crippen molar-refractivity contribution < 1.29 is 4.74 Å². The molecule has 0 aliphatic carbocycles. The molecule has 3 aliphatic rings. The molecule has 5 heteroatoms. The predicted octanol–water partition coefficient (Wildman–Crippen LogP) is 1.73. The van der Waals surface area contributed by atoms with Gasteiger partial charge < -0.3 is 9.64 Å². The normalized spacial score (nSPS) is 30.9. The third-order valence-electron chi connectivity index (χ3n) is 5.38. The lowest BCUT2D eigenvalue weighted by atomic mass is 10.1. The SMILES string of the molecule is c1cc(CN2C[C@@H]3OCCN(CCN4CCCC4)[C@@H]3C2)cs1. The maximum absolute atomic E-state index is 6.06. The van der Waals surface area contributed by atoms with Crippen LogP contribution in [0.3, 0.4) is 0 Å². The lowest BCUT2D eigenvalue weighted by molar-refractivity contribution is -0.0488. The molecule has 0 unspecified atom stereocenters. The molecule has 22 heavy (non-hydrogen) atoms. The summed E-state index contributed by atoms with van der Waals surface area (Å²) in [6.45, 7) is 10.5. The fourth-order valence-electron chi connectivity index (χ4n) is 4.16. The number of hydrogen-bond donors (Lipinski definition) is 0. The molecule has 0 N–H and O–H groups in total. The van der Waals surface area contributed by atoms with Gasteiger partial charge in [0.2, 0.25) is 0 Å². The third kappa shape index (κ3) is 3.39. The van der Waals surface area contributed by atoms with Gasteiger partial charge in [0, 0.05) is 45.3 Å². The Bertz CT molecular complexity index is 460. The Hall–Kier alpha value is -0.460. The van der Waals surface area contributed by atoms with E-state index in [9.17, 15) is 0 Å². The van der Waals surface area contributed by atoms with Crippen LogP contribution in [-0.2, 0) is 11.3 Å². The summed E-state index contributed by atoms with van der Waals surface area (Å²) < 4.78 is 6.06. The van der Waals surface area contributed by atoms with Gasteiger partial charge in [0.25, 0.3) is 0 Å². The summed E-state index contributed by atoms with van der Waals surface area (Å²) in [5.74, 6) is 0. The fraction of sp³-hybridized carbons (Fsp3) is 0.765. The molecule has 122 valence electrons. The maximum atomic E-state index is 6.06. The minimum absolute atomic E-state index is 0.422. The van der Waals surface area contributed by atoms with Crippen LogP contribution in [0.2, 0.25) is 0 Å². The van der Waals surface area contributed by atoms with Gasteiger partial charge in [0.05, 0.1) is 12.7 Å². The van der Waals surface area contributed by atoms with Crippen LogP contribution in [0.25, 0.3) is 0 Å². The molecule has 1 aromatic rings. The standard InChI is InChI=1S/C17H27N3OS/c1-2-5-18(4-1)6-7-20-8-9-21-17-13-19(12-16(17)20)11-15-3-10-22-14-15/h3,10,14,16-17H,1-2,4-9,11-13H2/t16-,17+/m1/s1. The Balaban J connectivity index is 1.32. The maximum Gasteiger partial charge on any atom is 0.0870 e. The molecular weight excluding hydrogens is 294 g/mol. The molecule has 4 rings (SSSR count). The zero-order valence-electron chi connectivity index (χ0n) is 13.3. The molecule has 0 bridgehead atoms. The number of rotatable bonds is 5. The molecule has 0 amide bonds. The van der Waals surface area contributed by atoms with Gasteiger partial charge in [-0.3, -0.25) is 9.80 Å². The molecule has 0 saturated carbocycles. The Labute approximate surface area is 137 Å². The average molecular weight is 321 g/mol. The minimum Gasteiger partial charge on any atom is -0.374 e. The van der Waals surface area contributed by atoms with E-state index in [4.69, 9.17) is 4.74 Å². The first kappa shape index (κ1) is 15.1. The molecule has 0 spiro atoms. The van der Waals surface area contributed by atoms with Crippen molar-refractivity contribution in [3.8, 4) is 0 Å². The van der Waals surface area contributed by atoms with Gasteiger partial charge in [0.15, 0.2) is 0 Å². The van der Waals surface area contributed by atoms with Crippen molar-refractivity contribution in [1.82, 2.24) is 14.7 Å². The molecule has 4 heterocycles. The monoisotopic (exact) mass is 321 g/mol. The molecule has 3 saturated heterocycles. The Morgan fingerprint density at radius 1 is 1.09 bits per heavy atom. The Kier molecular flexibility index (Phi) is 4.78. The zero-order valence-corrected chi connectivity index (χ0v) is 14.1. The van der Waals surface area contributed by atoms with Crippen molar-refractivity contribution in [3.63, 3.8) is 0 Å². The van der Waals surface area contributed by atoms with Gasteiger partial charge in [0.1, 0.15) is 0 Å².